The summed E-state index contributed by atoms with van der Waals surface area (Å²) >= 11 is 12.5. The average molecular weight is 494 g/mol. The van der Waals surface area contributed by atoms with E-state index in [2.05, 4.69) is 6.07 Å². The Kier molecular flexibility index (Phi) is 10.2. The molecule has 0 aromatic heterocycles. The van der Waals surface area contributed by atoms with Crippen LogP contribution in [0, 0.1) is 5.92 Å². The summed E-state index contributed by atoms with van der Waals surface area (Å²) in [6, 6.07) is 6.55. The molecule has 1 aromatic rings. The number of quaternary nitrogens is 1. The molecule has 3 rings (SSSR count). The van der Waals surface area contributed by atoms with Gasteiger partial charge in [-0.15, -0.1) is 0 Å². The number of likely N-dealkylation sites (tertiary alicyclic amines) is 1. The van der Waals surface area contributed by atoms with E-state index in [0.717, 1.165) is 48.7 Å². The van der Waals surface area contributed by atoms with Gasteiger partial charge in [-0.3, -0.25) is 0 Å². The van der Waals surface area contributed by atoms with Crippen LogP contribution in [-0.2, 0) is 20.9 Å². The third-order valence-electron chi connectivity index (χ3n) is 6.21. The Hall–Kier alpha value is -1.46. The number of nitrogens with zero attached hydrogens (tertiary/aromatic N) is 1. The number of carboxylic acid groups (broad SMARTS) is 2. The first-order chi connectivity index (χ1) is 15.1. The summed E-state index contributed by atoms with van der Waals surface area (Å²) in [4.78, 5) is 19.5. The minimum atomic E-state index is -2.27. The first-order valence-electron chi connectivity index (χ1n) is 10.5. The maximum atomic E-state index is 9.77. The molecule has 2 aliphatic rings. The lowest BCUT2D eigenvalue weighted by Crippen LogP contribution is -2.55. The molecule has 2 heterocycles. The molecule has 180 valence electrons. The van der Waals surface area contributed by atoms with Crippen molar-refractivity contribution in [3.63, 3.8) is 0 Å². The van der Waals surface area contributed by atoms with Gasteiger partial charge in [0.1, 0.15) is 6.54 Å². The Morgan fingerprint density at radius 1 is 1.09 bits per heavy atom. The molecule has 2 aliphatic heterocycles. The van der Waals surface area contributed by atoms with Crippen molar-refractivity contribution < 1.29 is 39.2 Å². The number of rotatable bonds is 7. The van der Waals surface area contributed by atoms with Crippen LogP contribution in [0.2, 0.25) is 10.0 Å². The van der Waals surface area contributed by atoms with Gasteiger partial charge in [0.05, 0.1) is 37.4 Å². The van der Waals surface area contributed by atoms with E-state index in [0.29, 0.717) is 17.0 Å². The fraction of sp³-hybridized carbons (Fsp3) is 0.619. The number of halogens is 2. The van der Waals surface area contributed by atoms with E-state index in [9.17, 15) is 9.59 Å². The lowest BCUT2D eigenvalue weighted by atomic mass is 10.0. The van der Waals surface area contributed by atoms with E-state index in [-0.39, 0.29) is 0 Å². The Morgan fingerprint density at radius 2 is 1.69 bits per heavy atom. The molecule has 0 saturated carbocycles. The number of carbonyl (C=O) groups is 2. The van der Waals surface area contributed by atoms with E-state index >= 15 is 0 Å². The zero-order valence-corrected chi connectivity index (χ0v) is 19.2. The number of nitrogens with two attached hydrogens (primary N) is 1. The molecule has 0 radical (unpaired) electrons. The second kappa shape index (κ2) is 12.1. The van der Waals surface area contributed by atoms with Crippen molar-refractivity contribution in [1.82, 2.24) is 0 Å². The Labute approximate surface area is 196 Å². The lowest BCUT2D eigenvalue weighted by Gasteiger charge is -2.44. The maximum Gasteiger partial charge on any atom is 0.335 e. The fourth-order valence-corrected chi connectivity index (χ4v) is 4.89. The van der Waals surface area contributed by atoms with E-state index in [1.165, 1.54) is 25.1 Å². The normalized spacial score (nSPS) is 25.5. The first-order valence-corrected chi connectivity index (χ1v) is 11.2. The van der Waals surface area contributed by atoms with Gasteiger partial charge in [-0.1, -0.05) is 29.3 Å². The highest BCUT2D eigenvalue weighted by Crippen LogP contribution is 2.36. The van der Waals surface area contributed by atoms with Crippen LogP contribution >= 0.6 is 23.2 Å². The number of hydrogen-bond acceptors (Lipinski definition) is 6. The molecular weight excluding hydrogens is 463 g/mol. The molecule has 4 atom stereocenters. The predicted octanol–water partition coefficient (Wildman–Crippen LogP) is 1.35. The summed E-state index contributed by atoms with van der Waals surface area (Å²) < 4.78 is 6.69. The van der Waals surface area contributed by atoms with E-state index in [1.54, 1.807) is 0 Å². The molecule has 32 heavy (non-hydrogen) atoms. The zero-order valence-electron chi connectivity index (χ0n) is 17.7. The molecule has 0 aliphatic carbocycles. The van der Waals surface area contributed by atoms with E-state index < -0.39 is 24.1 Å². The van der Waals surface area contributed by atoms with Gasteiger partial charge in [-0.2, -0.15) is 0 Å². The van der Waals surface area contributed by atoms with Crippen LogP contribution in [0.4, 0.5) is 0 Å². The first kappa shape index (κ1) is 26.8. The molecule has 6 N–H and O–H groups in total. The van der Waals surface area contributed by atoms with Crippen LogP contribution < -0.4 is 5.73 Å². The molecule has 11 heteroatoms. The molecule has 9 nitrogen and oxygen atoms in total. The van der Waals surface area contributed by atoms with Gasteiger partial charge in [0.2, 0.25) is 0 Å². The van der Waals surface area contributed by atoms with Crippen LogP contribution in [0.3, 0.4) is 0 Å². The number of aliphatic carboxylic acids is 2. The third kappa shape index (κ3) is 7.02. The molecule has 1 aromatic carbocycles. The van der Waals surface area contributed by atoms with Gasteiger partial charge in [-0.25, -0.2) is 9.59 Å². The minimum absolute atomic E-state index is 0.633. The molecule has 2 fully saturated rings. The van der Waals surface area contributed by atoms with Gasteiger partial charge in [0.25, 0.3) is 0 Å². The minimum Gasteiger partial charge on any atom is -0.479 e. The Bertz CT molecular complexity index is 773. The number of aliphatic hydroxyl groups excluding tert-OH is 2. The molecule has 0 bridgehead atoms. The average Bonchev–Trinajstić information content (AvgIpc) is 3.20. The smallest absolute Gasteiger partial charge is 0.335 e. The SMILES string of the molecule is NC[C@@H]1CC[N+](Cc2ccc(Cl)cc2Cl)(C2CCOCC2)C1.O=C(O)C(O)C(O)C(=O)O. The predicted molar refractivity (Wildman–Crippen MR) is 118 cm³/mol. The van der Waals surface area contributed by atoms with Crippen molar-refractivity contribution in [1.29, 1.82) is 0 Å². The standard InChI is InChI=1S/C17H25Cl2N2O.C4H6O6/c18-15-2-1-14(17(19)9-15)12-21(6-3-13(10-20)11-21)16-4-7-22-8-5-16;5-1(3(7)8)2(6)4(9)10/h1-2,9,13,16H,3-8,10-12,20H2;1-2,5-6H,(H,7,8)(H,9,10)/q+1;/t13-,21?;/m0./s1. The molecule has 0 spiro atoms. The number of carboxylic acids is 2. The van der Waals surface area contributed by atoms with Gasteiger partial charge in [0.15, 0.2) is 12.2 Å². The van der Waals surface area contributed by atoms with Crippen molar-refractivity contribution in [2.45, 2.75) is 44.1 Å². The summed E-state index contributed by atoms with van der Waals surface area (Å²) in [5.41, 5.74) is 7.15. The van der Waals surface area contributed by atoms with Crippen LogP contribution in [0.15, 0.2) is 18.2 Å². The van der Waals surface area contributed by atoms with E-state index in [1.807, 2.05) is 12.1 Å². The van der Waals surface area contributed by atoms with Crippen LogP contribution in [-0.4, -0.2) is 87.9 Å². The molecule has 2 saturated heterocycles. The van der Waals surface area contributed by atoms with E-state index in [4.69, 9.17) is 54.1 Å². The van der Waals surface area contributed by atoms with Crippen molar-refractivity contribution in [3.8, 4) is 0 Å². The third-order valence-corrected chi connectivity index (χ3v) is 6.80. The van der Waals surface area contributed by atoms with Gasteiger partial charge < -0.3 is 35.4 Å². The van der Waals surface area contributed by atoms with Gasteiger partial charge in [0, 0.05) is 42.3 Å². The number of benzene rings is 1. The quantitative estimate of drug-likeness (QED) is 0.357. The topological polar surface area (TPSA) is 150 Å². The lowest BCUT2D eigenvalue weighted by molar-refractivity contribution is -0.955. The molecule has 3 unspecified atom stereocenters. The fourth-order valence-electron chi connectivity index (χ4n) is 4.43. The Morgan fingerprint density at radius 3 is 2.16 bits per heavy atom. The molecule has 0 amide bonds. The van der Waals surface area contributed by atoms with Crippen LogP contribution in [0.25, 0.3) is 0 Å². The highest BCUT2D eigenvalue weighted by molar-refractivity contribution is 6.35. The summed E-state index contributed by atoms with van der Waals surface area (Å²) in [6.07, 6.45) is -1.03. The summed E-state index contributed by atoms with van der Waals surface area (Å²) in [5, 5.41) is 34.0. The second-order valence-corrected chi connectivity index (χ2v) is 9.16. The number of hydrogen-bond donors (Lipinski definition) is 5. The van der Waals surface area contributed by atoms with Crippen molar-refractivity contribution in [2.24, 2.45) is 11.7 Å². The van der Waals surface area contributed by atoms with Gasteiger partial charge >= 0.3 is 11.9 Å². The maximum absolute atomic E-state index is 9.77. The van der Waals surface area contributed by atoms with Crippen molar-refractivity contribution in [3.05, 3.63) is 33.8 Å². The monoisotopic (exact) mass is 493 g/mol. The second-order valence-electron chi connectivity index (χ2n) is 8.32. The van der Waals surface area contributed by atoms with Crippen molar-refractivity contribution >= 4 is 35.1 Å². The highest BCUT2D eigenvalue weighted by atomic mass is 35.5. The summed E-state index contributed by atoms with van der Waals surface area (Å²) in [7, 11) is 0. The van der Waals surface area contributed by atoms with Crippen LogP contribution in [0.5, 0.6) is 0 Å². The largest absolute Gasteiger partial charge is 0.479 e. The highest BCUT2D eigenvalue weighted by Gasteiger charge is 2.44. The van der Waals surface area contributed by atoms with Gasteiger partial charge in [-0.05, 0) is 12.1 Å². The van der Waals surface area contributed by atoms with Crippen LogP contribution in [0.1, 0.15) is 24.8 Å². The summed E-state index contributed by atoms with van der Waals surface area (Å²) in [6.45, 7) is 5.90. The zero-order chi connectivity index (χ0) is 23.9. The number of ether oxygens (including phenoxy) is 1. The van der Waals surface area contributed by atoms with Crippen molar-refractivity contribution in [2.75, 3.05) is 32.8 Å². The Balaban J connectivity index is 0.000000309. The molecular formula is C21H31Cl2N2O7+. The summed E-state index contributed by atoms with van der Waals surface area (Å²) in [5.74, 6) is -2.90. The number of aliphatic hydroxyl groups is 2.